The number of carbonyl (C=O) groups excluding carboxylic acids is 2. The van der Waals surface area contributed by atoms with Gasteiger partial charge in [0.1, 0.15) is 0 Å². The van der Waals surface area contributed by atoms with E-state index in [-0.39, 0.29) is 16.2 Å². The molecular weight excluding hydrogens is 420 g/mol. The van der Waals surface area contributed by atoms with Crippen LogP contribution >= 0.6 is 0 Å². The highest BCUT2D eigenvalue weighted by Crippen LogP contribution is 2.73. The van der Waals surface area contributed by atoms with Gasteiger partial charge >= 0.3 is 0 Å². The van der Waals surface area contributed by atoms with Gasteiger partial charge in [0.25, 0.3) is 0 Å². The minimum atomic E-state index is -0.293. The van der Waals surface area contributed by atoms with Crippen molar-refractivity contribution in [3.63, 3.8) is 0 Å². The maximum atomic E-state index is 14.1. The molecule has 4 heteroatoms. The predicted molar refractivity (Wildman–Crippen MR) is 135 cm³/mol. The molecule has 2 unspecified atom stereocenters. The van der Waals surface area contributed by atoms with E-state index in [0.717, 1.165) is 63.7 Å². The van der Waals surface area contributed by atoms with E-state index >= 15 is 0 Å². The van der Waals surface area contributed by atoms with E-state index in [2.05, 4.69) is 10.6 Å². The zero-order valence-electron chi connectivity index (χ0n) is 21.5. The molecule has 2 amide bonds. The molecule has 0 spiro atoms. The average molecular weight is 469 g/mol. The summed E-state index contributed by atoms with van der Waals surface area (Å²) >= 11 is 0. The SMILES string of the molecule is O=C(NC1CCCCC1)C12CC3CC(C(=O)NC4CCCCC4)(C1)CC(C1CCCCC1)(C3)C2. The molecule has 0 aromatic carbocycles. The standard InChI is InChI=1S/C30H48N2O2/c33-26(31-24-12-6-2-7-13-24)29-17-22-16-28(19-29,23-10-4-1-5-11-23)20-30(18-22,21-29)27(34)32-25-14-8-3-9-15-25/h22-25H,1-21H2,(H,31,33)(H,32,34). The van der Waals surface area contributed by atoms with Gasteiger partial charge < -0.3 is 10.6 Å². The van der Waals surface area contributed by atoms with Gasteiger partial charge in [-0.2, -0.15) is 0 Å². The largest absolute Gasteiger partial charge is 0.353 e. The van der Waals surface area contributed by atoms with Crippen LogP contribution in [0.5, 0.6) is 0 Å². The van der Waals surface area contributed by atoms with Gasteiger partial charge in [0, 0.05) is 12.1 Å². The second-order valence-electron chi connectivity index (χ2n) is 13.9. The van der Waals surface area contributed by atoms with E-state index in [9.17, 15) is 9.59 Å². The Kier molecular flexibility index (Phi) is 6.25. The molecule has 34 heavy (non-hydrogen) atoms. The van der Waals surface area contributed by atoms with Crippen LogP contribution in [0.15, 0.2) is 0 Å². The summed E-state index contributed by atoms with van der Waals surface area (Å²) in [5.41, 5.74) is -0.357. The lowest BCUT2D eigenvalue weighted by Gasteiger charge is -2.67. The molecule has 7 aliphatic rings. The fraction of sp³-hybridized carbons (Fsp3) is 0.933. The number of nitrogens with one attached hydrogen (secondary N) is 2. The van der Waals surface area contributed by atoms with Crippen LogP contribution in [0.25, 0.3) is 0 Å². The van der Waals surface area contributed by atoms with Crippen LogP contribution in [0.4, 0.5) is 0 Å². The lowest BCUT2D eigenvalue weighted by molar-refractivity contribution is -0.196. The summed E-state index contributed by atoms with van der Waals surface area (Å²) in [5, 5.41) is 7.13. The first-order chi connectivity index (χ1) is 16.5. The van der Waals surface area contributed by atoms with E-state index in [0.29, 0.717) is 29.8 Å². The van der Waals surface area contributed by atoms with Gasteiger partial charge in [0.2, 0.25) is 11.8 Å². The molecule has 7 saturated carbocycles. The third kappa shape index (κ3) is 4.13. The van der Waals surface area contributed by atoms with Crippen molar-refractivity contribution in [1.82, 2.24) is 10.6 Å². The highest BCUT2D eigenvalue weighted by Gasteiger charge is 2.69. The first kappa shape index (κ1) is 23.3. The minimum Gasteiger partial charge on any atom is -0.353 e. The highest BCUT2D eigenvalue weighted by molar-refractivity contribution is 5.88. The smallest absolute Gasteiger partial charge is 0.226 e. The molecule has 2 atom stereocenters. The first-order valence-corrected chi connectivity index (χ1v) is 15.1. The maximum Gasteiger partial charge on any atom is 0.226 e. The van der Waals surface area contributed by atoms with E-state index in [1.165, 1.54) is 77.0 Å². The third-order valence-corrected chi connectivity index (χ3v) is 11.4. The second-order valence-corrected chi connectivity index (χ2v) is 13.9. The quantitative estimate of drug-likeness (QED) is 0.489. The Balaban J connectivity index is 1.29. The molecule has 7 aliphatic carbocycles. The Hall–Kier alpha value is -1.06. The molecule has 0 saturated heterocycles. The Labute approximate surface area is 207 Å². The average Bonchev–Trinajstić information content (AvgIpc) is 2.85. The fourth-order valence-electron chi connectivity index (χ4n) is 10.4. The Morgan fingerprint density at radius 3 is 1.44 bits per heavy atom. The molecule has 0 aliphatic heterocycles. The Morgan fingerprint density at radius 2 is 0.971 bits per heavy atom. The second kappa shape index (κ2) is 9.11. The summed E-state index contributed by atoms with van der Waals surface area (Å²) in [6.07, 6.45) is 25.3. The number of hydrogen-bond acceptors (Lipinski definition) is 2. The zero-order valence-corrected chi connectivity index (χ0v) is 21.5. The summed E-state index contributed by atoms with van der Waals surface area (Å²) in [5.74, 6) is 1.96. The molecule has 2 N–H and O–H groups in total. The number of hydrogen-bond donors (Lipinski definition) is 2. The summed E-state index contributed by atoms with van der Waals surface area (Å²) in [6.45, 7) is 0. The van der Waals surface area contributed by atoms with Crippen molar-refractivity contribution in [3.05, 3.63) is 0 Å². The maximum absolute atomic E-state index is 14.1. The summed E-state index contributed by atoms with van der Waals surface area (Å²) in [6, 6.07) is 0.735. The van der Waals surface area contributed by atoms with Crippen LogP contribution in [-0.4, -0.2) is 23.9 Å². The molecule has 7 rings (SSSR count). The lowest BCUT2D eigenvalue weighted by atomic mass is 9.36. The van der Waals surface area contributed by atoms with Crippen molar-refractivity contribution in [1.29, 1.82) is 0 Å². The van der Waals surface area contributed by atoms with E-state index in [1.807, 2.05) is 0 Å². The molecule has 0 heterocycles. The summed E-state index contributed by atoms with van der Waals surface area (Å²) in [4.78, 5) is 28.2. The summed E-state index contributed by atoms with van der Waals surface area (Å²) < 4.78 is 0. The van der Waals surface area contributed by atoms with E-state index in [1.54, 1.807) is 0 Å². The predicted octanol–water partition coefficient (Wildman–Crippen LogP) is 6.42. The molecule has 0 aromatic heterocycles. The molecule has 0 radical (unpaired) electrons. The third-order valence-electron chi connectivity index (χ3n) is 11.4. The Bertz CT molecular complexity index is 727. The van der Waals surface area contributed by atoms with Crippen LogP contribution in [0.2, 0.25) is 0 Å². The van der Waals surface area contributed by atoms with Crippen LogP contribution in [0.1, 0.15) is 135 Å². The van der Waals surface area contributed by atoms with Crippen molar-refractivity contribution in [3.8, 4) is 0 Å². The minimum absolute atomic E-state index is 0.230. The monoisotopic (exact) mass is 468 g/mol. The number of carbonyl (C=O) groups is 2. The molecule has 0 aromatic rings. The fourth-order valence-corrected chi connectivity index (χ4v) is 10.4. The van der Waals surface area contributed by atoms with Crippen LogP contribution in [0.3, 0.4) is 0 Å². The normalized spacial score (nSPS) is 41.4. The molecule has 4 bridgehead atoms. The molecule has 4 nitrogen and oxygen atoms in total. The topological polar surface area (TPSA) is 58.2 Å². The van der Waals surface area contributed by atoms with Gasteiger partial charge in [0.15, 0.2) is 0 Å². The Morgan fingerprint density at radius 1 is 0.529 bits per heavy atom. The van der Waals surface area contributed by atoms with Gasteiger partial charge in [0.05, 0.1) is 10.8 Å². The van der Waals surface area contributed by atoms with E-state index < -0.39 is 0 Å². The van der Waals surface area contributed by atoms with Crippen molar-refractivity contribution >= 4 is 11.8 Å². The number of rotatable bonds is 5. The van der Waals surface area contributed by atoms with Gasteiger partial charge in [-0.3, -0.25) is 9.59 Å². The van der Waals surface area contributed by atoms with Gasteiger partial charge in [-0.15, -0.1) is 0 Å². The summed E-state index contributed by atoms with van der Waals surface area (Å²) in [7, 11) is 0. The number of amides is 2. The lowest BCUT2D eigenvalue weighted by Crippen LogP contribution is -2.67. The van der Waals surface area contributed by atoms with Crippen LogP contribution < -0.4 is 10.6 Å². The molecular formula is C30H48N2O2. The van der Waals surface area contributed by atoms with Crippen LogP contribution in [-0.2, 0) is 9.59 Å². The van der Waals surface area contributed by atoms with Gasteiger partial charge in [-0.05, 0) is 94.3 Å². The highest BCUT2D eigenvalue weighted by atomic mass is 16.2. The molecule has 7 fully saturated rings. The van der Waals surface area contributed by atoms with Crippen molar-refractivity contribution in [2.24, 2.45) is 28.1 Å². The van der Waals surface area contributed by atoms with Crippen LogP contribution in [0, 0.1) is 28.1 Å². The van der Waals surface area contributed by atoms with Crippen molar-refractivity contribution in [2.75, 3.05) is 0 Å². The van der Waals surface area contributed by atoms with Crippen molar-refractivity contribution in [2.45, 2.75) is 147 Å². The zero-order chi connectivity index (χ0) is 23.2. The van der Waals surface area contributed by atoms with Crippen molar-refractivity contribution < 1.29 is 9.59 Å². The molecule has 190 valence electrons. The first-order valence-electron chi connectivity index (χ1n) is 15.1. The van der Waals surface area contributed by atoms with E-state index in [4.69, 9.17) is 0 Å². The van der Waals surface area contributed by atoms with Gasteiger partial charge in [-0.25, -0.2) is 0 Å². The van der Waals surface area contributed by atoms with Gasteiger partial charge in [-0.1, -0.05) is 57.8 Å².